The Morgan fingerprint density at radius 3 is 2.67 bits per heavy atom. The number of fused-ring (bicyclic) bond motifs is 1. The number of morpholine rings is 1. The lowest BCUT2D eigenvalue weighted by molar-refractivity contribution is 0.102. The van der Waals surface area contributed by atoms with Gasteiger partial charge < -0.3 is 19.4 Å². The maximum atomic E-state index is 13.1. The topological polar surface area (TPSA) is 80.5 Å². The molecule has 0 atom stereocenters. The van der Waals surface area contributed by atoms with E-state index in [1.807, 2.05) is 38.1 Å². The van der Waals surface area contributed by atoms with E-state index < -0.39 is 0 Å². The molecular formula is C20H22N4O3. The molecule has 0 bridgehead atoms. The van der Waals surface area contributed by atoms with Gasteiger partial charge in [-0.3, -0.25) is 4.79 Å². The normalized spacial score (nSPS) is 14.6. The number of aromatic nitrogens is 2. The second-order valence-electron chi connectivity index (χ2n) is 6.73. The predicted octanol–water partition coefficient (Wildman–Crippen LogP) is 3.24. The molecule has 0 spiro atoms. The first-order valence-corrected chi connectivity index (χ1v) is 9.01. The molecule has 0 aliphatic carbocycles. The number of furan rings is 1. The zero-order valence-electron chi connectivity index (χ0n) is 15.7. The molecule has 140 valence electrons. The van der Waals surface area contributed by atoms with Crippen molar-refractivity contribution in [3.05, 3.63) is 47.0 Å². The molecule has 1 aliphatic rings. The lowest BCUT2D eigenvalue weighted by Gasteiger charge is -2.28. The minimum atomic E-state index is -0.223. The largest absolute Gasteiger partial charge is 0.442 e. The number of carbonyl (C=O) groups excluding carboxylic acids is 1. The maximum absolute atomic E-state index is 13.1. The number of amides is 1. The molecule has 0 saturated carbocycles. The molecule has 1 amide bonds. The van der Waals surface area contributed by atoms with E-state index in [1.165, 1.54) is 0 Å². The Morgan fingerprint density at radius 2 is 1.93 bits per heavy atom. The Kier molecular flexibility index (Phi) is 4.53. The molecule has 27 heavy (non-hydrogen) atoms. The van der Waals surface area contributed by atoms with Crippen molar-refractivity contribution in [2.24, 2.45) is 0 Å². The van der Waals surface area contributed by atoms with Crippen LogP contribution in [0.5, 0.6) is 0 Å². The van der Waals surface area contributed by atoms with E-state index in [4.69, 9.17) is 9.15 Å². The first kappa shape index (κ1) is 17.5. The Balaban J connectivity index is 1.80. The fourth-order valence-corrected chi connectivity index (χ4v) is 3.39. The number of rotatable bonds is 3. The molecule has 3 aromatic rings. The van der Waals surface area contributed by atoms with Gasteiger partial charge >= 0.3 is 0 Å². The van der Waals surface area contributed by atoms with Crippen LogP contribution in [0.1, 0.15) is 27.5 Å². The zero-order valence-corrected chi connectivity index (χ0v) is 15.7. The maximum Gasteiger partial charge on any atom is 0.260 e. The monoisotopic (exact) mass is 366 g/mol. The number of hydrogen-bond donors (Lipinski definition) is 1. The van der Waals surface area contributed by atoms with Crippen LogP contribution in [0.2, 0.25) is 0 Å². The molecule has 4 rings (SSSR count). The average molecular weight is 366 g/mol. The van der Waals surface area contributed by atoms with Crippen LogP contribution in [0.4, 0.5) is 11.5 Å². The van der Waals surface area contributed by atoms with Crippen LogP contribution in [0.15, 0.2) is 28.7 Å². The van der Waals surface area contributed by atoms with Gasteiger partial charge in [-0.2, -0.15) is 4.98 Å². The molecule has 7 heteroatoms. The Labute approximate surface area is 157 Å². The van der Waals surface area contributed by atoms with E-state index in [9.17, 15) is 4.79 Å². The van der Waals surface area contributed by atoms with Crippen molar-refractivity contribution in [1.82, 2.24) is 9.97 Å². The summed E-state index contributed by atoms with van der Waals surface area (Å²) >= 11 is 0. The van der Waals surface area contributed by atoms with Gasteiger partial charge in [-0.25, -0.2) is 4.98 Å². The van der Waals surface area contributed by atoms with E-state index in [-0.39, 0.29) is 5.91 Å². The Hall–Kier alpha value is -2.93. The highest BCUT2D eigenvalue weighted by Gasteiger charge is 2.26. The van der Waals surface area contributed by atoms with Crippen LogP contribution in [-0.4, -0.2) is 42.2 Å². The first-order chi connectivity index (χ1) is 13.0. The van der Waals surface area contributed by atoms with E-state index >= 15 is 0 Å². The highest BCUT2D eigenvalue weighted by molar-refractivity contribution is 6.15. The van der Waals surface area contributed by atoms with Crippen LogP contribution in [0.25, 0.3) is 11.1 Å². The second-order valence-corrected chi connectivity index (χ2v) is 6.73. The van der Waals surface area contributed by atoms with E-state index in [0.717, 1.165) is 17.1 Å². The van der Waals surface area contributed by atoms with Gasteiger partial charge in [0.05, 0.1) is 24.2 Å². The standard InChI is InChI=1S/C20H22N4O3/c1-12-5-4-6-15(11-12)23-19(25)16-13(2)27-20-17(16)18(21-14(3)22-20)24-7-9-26-10-8-24/h4-6,11H,7-10H2,1-3H3,(H,23,25). The molecule has 1 fully saturated rings. The predicted molar refractivity (Wildman–Crippen MR) is 103 cm³/mol. The van der Waals surface area contributed by atoms with Crippen molar-refractivity contribution in [2.45, 2.75) is 20.8 Å². The summed E-state index contributed by atoms with van der Waals surface area (Å²) in [7, 11) is 0. The van der Waals surface area contributed by atoms with Crippen LogP contribution in [0, 0.1) is 20.8 Å². The first-order valence-electron chi connectivity index (χ1n) is 9.01. The third kappa shape index (κ3) is 3.38. The quantitative estimate of drug-likeness (QED) is 0.766. The molecule has 1 aliphatic heterocycles. The molecule has 1 N–H and O–H groups in total. The number of hydrogen-bond acceptors (Lipinski definition) is 6. The number of nitrogens with one attached hydrogen (secondary N) is 1. The van der Waals surface area contributed by atoms with Gasteiger partial charge in [-0.15, -0.1) is 0 Å². The lowest BCUT2D eigenvalue weighted by Crippen LogP contribution is -2.37. The van der Waals surface area contributed by atoms with E-state index in [1.54, 1.807) is 6.92 Å². The van der Waals surface area contributed by atoms with Gasteiger partial charge in [0.15, 0.2) is 0 Å². The van der Waals surface area contributed by atoms with Crippen LogP contribution < -0.4 is 10.2 Å². The molecule has 2 aromatic heterocycles. The number of aryl methyl sites for hydroxylation is 3. The third-order valence-corrected chi connectivity index (χ3v) is 4.63. The number of ether oxygens (including phenoxy) is 1. The summed E-state index contributed by atoms with van der Waals surface area (Å²) in [5.41, 5.74) is 2.74. The molecule has 0 radical (unpaired) electrons. The molecular weight excluding hydrogens is 344 g/mol. The van der Waals surface area contributed by atoms with Crippen molar-refractivity contribution in [3.63, 3.8) is 0 Å². The molecule has 1 saturated heterocycles. The second kappa shape index (κ2) is 7.00. The number of anilines is 2. The summed E-state index contributed by atoms with van der Waals surface area (Å²) in [5.74, 6) is 1.65. The van der Waals surface area contributed by atoms with Crippen molar-refractivity contribution < 1.29 is 13.9 Å². The summed E-state index contributed by atoms with van der Waals surface area (Å²) < 4.78 is 11.3. The van der Waals surface area contributed by atoms with Crippen molar-refractivity contribution in [3.8, 4) is 0 Å². The summed E-state index contributed by atoms with van der Waals surface area (Å²) in [6, 6.07) is 7.70. The van der Waals surface area contributed by atoms with E-state index in [2.05, 4.69) is 20.2 Å². The molecule has 0 unspecified atom stereocenters. The summed E-state index contributed by atoms with van der Waals surface area (Å²) in [4.78, 5) is 24.2. The highest BCUT2D eigenvalue weighted by atomic mass is 16.5. The van der Waals surface area contributed by atoms with Crippen LogP contribution in [0.3, 0.4) is 0 Å². The Morgan fingerprint density at radius 1 is 1.15 bits per heavy atom. The van der Waals surface area contributed by atoms with Crippen LogP contribution in [-0.2, 0) is 4.74 Å². The van der Waals surface area contributed by atoms with Crippen LogP contribution >= 0.6 is 0 Å². The summed E-state index contributed by atoms with van der Waals surface area (Å²) in [6.45, 7) is 8.29. The van der Waals surface area contributed by atoms with Crippen molar-refractivity contribution >= 4 is 28.5 Å². The van der Waals surface area contributed by atoms with Gasteiger partial charge in [0, 0.05) is 18.8 Å². The zero-order chi connectivity index (χ0) is 19.0. The van der Waals surface area contributed by atoms with Gasteiger partial charge in [0.25, 0.3) is 5.91 Å². The van der Waals surface area contributed by atoms with Crippen molar-refractivity contribution in [2.75, 3.05) is 36.5 Å². The fraction of sp³-hybridized carbons (Fsp3) is 0.350. The third-order valence-electron chi connectivity index (χ3n) is 4.63. The minimum absolute atomic E-state index is 0.223. The van der Waals surface area contributed by atoms with Gasteiger partial charge in [-0.1, -0.05) is 12.1 Å². The highest BCUT2D eigenvalue weighted by Crippen LogP contribution is 2.33. The fourth-order valence-electron chi connectivity index (χ4n) is 3.39. The summed E-state index contributed by atoms with van der Waals surface area (Å²) in [5, 5.41) is 3.62. The smallest absolute Gasteiger partial charge is 0.260 e. The molecule has 3 heterocycles. The minimum Gasteiger partial charge on any atom is -0.442 e. The van der Waals surface area contributed by atoms with Gasteiger partial charge in [-0.05, 0) is 38.5 Å². The van der Waals surface area contributed by atoms with Crippen molar-refractivity contribution in [1.29, 1.82) is 0 Å². The van der Waals surface area contributed by atoms with Gasteiger partial charge in [0.2, 0.25) is 5.71 Å². The Bertz CT molecular complexity index is 1010. The van der Waals surface area contributed by atoms with E-state index in [0.29, 0.717) is 54.6 Å². The SMILES string of the molecule is Cc1cccc(NC(=O)c2c(C)oc3nc(C)nc(N4CCOCC4)c23)c1. The summed E-state index contributed by atoms with van der Waals surface area (Å²) in [6.07, 6.45) is 0. The number of carbonyl (C=O) groups is 1. The lowest BCUT2D eigenvalue weighted by atomic mass is 10.1. The number of nitrogens with zero attached hydrogens (tertiary/aromatic N) is 3. The molecule has 1 aromatic carbocycles. The average Bonchev–Trinajstić information content (AvgIpc) is 2.97. The van der Waals surface area contributed by atoms with Gasteiger partial charge in [0.1, 0.15) is 17.4 Å². The molecule has 7 nitrogen and oxygen atoms in total. The number of benzene rings is 1.